The Morgan fingerprint density at radius 3 is 2.83 bits per heavy atom. The van der Waals surface area contributed by atoms with Crippen molar-refractivity contribution in [2.45, 2.75) is 6.92 Å². The number of nitrogens with one attached hydrogen (secondary N) is 2. The van der Waals surface area contributed by atoms with Crippen LogP contribution >= 0.6 is 0 Å². The van der Waals surface area contributed by atoms with Crippen LogP contribution in [0.3, 0.4) is 0 Å². The first-order chi connectivity index (χ1) is 11.6. The number of aryl methyl sites for hydroxylation is 2. The minimum absolute atomic E-state index is 0.150. The summed E-state index contributed by atoms with van der Waals surface area (Å²) >= 11 is 0. The van der Waals surface area contributed by atoms with Gasteiger partial charge in [-0.2, -0.15) is 10.2 Å². The molecule has 0 aliphatic rings. The first kappa shape index (κ1) is 15.7. The molecular weight excluding hydrogens is 302 g/mol. The molecule has 2 N–H and O–H groups in total. The predicted molar refractivity (Wildman–Crippen MR) is 96.1 cm³/mol. The highest BCUT2D eigenvalue weighted by Crippen LogP contribution is 2.22. The summed E-state index contributed by atoms with van der Waals surface area (Å²) in [6.45, 7) is 2.04. The number of nitrogens with zero attached hydrogens (tertiary/aromatic N) is 3. The Labute approximate surface area is 140 Å². The van der Waals surface area contributed by atoms with Crippen molar-refractivity contribution in [2.24, 2.45) is 12.1 Å². The van der Waals surface area contributed by atoms with E-state index in [0.29, 0.717) is 0 Å². The topological polar surface area (TPSA) is 71.3 Å². The van der Waals surface area contributed by atoms with Crippen molar-refractivity contribution in [1.82, 2.24) is 15.2 Å². The summed E-state index contributed by atoms with van der Waals surface area (Å²) in [7, 11) is 1.84. The third-order valence-corrected chi connectivity index (χ3v) is 3.67. The molecule has 6 nitrogen and oxygen atoms in total. The van der Waals surface area contributed by atoms with Gasteiger partial charge in [0.1, 0.15) is 0 Å². The molecule has 3 rings (SSSR count). The highest BCUT2D eigenvalue weighted by Gasteiger charge is 2.03. The molecule has 0 bridgehead atoms. The zero-order chi connectivity index (χ0) is 16.9. The maximum absolute atomic E-state index is 11.9. The Morgan fingerprint density at radius 2 is 2.04 bits per heavy atom. The van der Waals surface area contributed by atoms with Crippen LogP contribution in [0.2, 0.25) is 0 Å². The average molecular weight is 321 g/mol. The zero-order valence-electron chi connectivity index (χ0n) is 13.7. The number of fused-ring (bicyclic) bond motifs is 1. The molecule has 0 aliphatic heterocycles. The number of carbonyl (C=O) groups excluding carboxylic acids is 1. The fourth-order valence-corrected chi connectivity index (χ4v) is 2.51. The molecule has 0 radical (unpaired) electrons. The Balaban J connectivity index is 1.58. The Kier molecular flexibility index (Phi) is 4.56. The first-order valence-electron chi connectivity index (χ1n) is 7.67. The number of hydrogen-bond acceptors (Lipinski definition) is 4. The maximum Gasteiger partial charge on any atom is 0.259 e. The van der Waals surface area contributed by atoms with Crippen LogP contribution in [0.4, 0.5) is 5.69 Å². The highest BCUT2D eigenvalue weighted by atomic mass is 16.2. The number of hydrogen-bond donors (Lipinski definition) is 2. The van der Waals surface area contributed by atoms with Crippen LogP contribution in [0, 0.1) is 6.92 Å². The van der Waals surface area contributed by atoms with Crippen molar-refractivity contribution in [2.75, 3.05) is 11.9 Å². The van der Waals surface area contributed by atoms with Gasteiger partial charge in [-0.3, -0.25) is 9.48 Å². The lowest BCUT2D eigenvalue weighted by atomic mass is 10.1. The minimum atomic E-state index is -0.208. The van der Waals surface area contributed by atoms with Gasteiger partial charge < -0.3 is 5.32 Å². The van der Waals surface area contributed by atoms with Crippen LogP contribution in [0.1, 0.15) is 11.3 Å². The molecule has 1 heterocycles. The molecule has 0 atom stereocenters. The van der Waals surface area contributed by atoms with E-state index in [9.17, 15) is 4.79 Å². The van der Waals surface area contributed by atoms with Crippen LogP contribution in [0.25, 0.3) is 10.8 Å². The van der Waals surface area contributed by atoms with Gasteiger partial charge in [0.05, 0.1) is 18.5 Å². The van der Waals surface area contributed by atoms with Gasteiger partial charge in [0.25, 0.3) is 5.91 Å². The van der Waals surface area contributed by atoms with E-state index in [4.69, 9.17) is 0 Å². The molecule has 0 saturated carbocycles. The average Bonchev–Trinajstić information content (AvgIpc) is 2.90. The number of benzene rings is 2. The van der Waals surface area contributed by atoms with Gasteiger partial charge in [-0.15, -0.1) is 0 Å². The third-order valence-electron chi connectivity index (χ3n) is 3.67. The summed E-state index contributed by atoms with van der Waals surface area (Å²) in [6.07, 6.45) is 3.44. The normalized spacial score (nSPS) is 11.1. The summed E-state index contributed by atoms with van der Waals surface area (Å²) < 4.78 is 1.71. The van der Waals surface area contributed by atoms with Gasteiger partial charge in [-0.05, 0) is 18.4 Å². The van der Waals surface area contributed by atoms with Crippen molar-refractivity contribution in [3.05, 3.63) is 59.9 Å². The van der Waals surface area contributed by atoms with Gasteiger partial charge >= 0.3 is 0 Å². The summed E-state index contributed by atoms with van der Waals surface area (Å²) in [4.78, 5) is 11.9. The largest absolute Gasteiger partial charge is 0.376 e. The molecule has 0 unspecified atom stereocenters. The molecule has 0 fully saturated rings. The first-order valence-corrected chi connectivity index (χ1v) is 7.67. The highest BCUT2D eigenvalue weighted by molar-refractivity contribution is 5.95. The van der Waals surface area contributed by atoms with Gasteiger partial charge in [-0.25, -0.2) is 5.43 Å². The molecule has 3 aromatic rings. The fraction of sp³-hybridized carbons (Fsp3) is 0.167. The van der Waals surface area contributed by atoms with E-state index >= 15 is 0 Å². The van der Waals surface area contributed by atoms with Crippen molar-refractivity contribution in [1.29, 1.82) is 0 Å². The van der Waals surface area contributed by atoms with Crippen molar-refractivity contribution >= 4 is 28.6 Å². The Morgan fingerprint density at radius 1 is 1.25 bits per heavy atom. The quantitative estimate of drug-likeness (QED) is 0.560. The van der Waals surface area contributed by atoms with Crippen LogP contribution in [0.15, 0.2) is 53.8 Å². The summed E-state index contributed by atoms with van der Waals surface area (Å²) in [5, 5.41) is 13.6. The van der Waals surface area contributed by atoms with E-state index in [-0.39, 0.29) is 12.5 Å². The van der Waals surface area contributed by atoms with Crippen LogP contribution in [-0.2, 0) is 11.8 Å². The molecule has 6 heteroatoms. The maximum atomic E-state index is 11.9. The van der Waals surface area contributed by atoms with E-state index in [1.807, 2.05) is 62.6 Å². The number of aromatic nitrogens is 2. The Bertz CT molecular complexity index is 892. The minimum Gasteiger partial charge on any atom is -0.376 e. The van der Waals surface area contributed by atoms with E-state index in [2.05, 4.69) is 20.9 Å². The van der Waals surface area contributed by atoms with E-state index < -0.39 is 0 Å². The third kappa shape index (κ3) is 3.60. The van der Waals surface area contributed by atoms with E-state index in [1.165, 1.54) is 0 Å². The SMILES string of the molecule is Cc1nn(C)cc1/C=N/NC(=O)CNc1cccc2ccccc12. The zero-order valence-corrected chi connectivity index (χ0v) is 13.7. The van der Waals surface area contributed by atoms with Gasteiger partial charge in [0, 0.05) is 29.9 Å². The van der Waals surface area contributed by atoms with E-state index in [0.717, 1.165) is 27.7 Å². The van der Waals surface area contributed by atoms with E-state index in [1.54, 1.807) is 10.9 Å². The van der Waals surface area contributed by atoms with Gasteiger partial charge in [-0.1, -0.05) is 36.4 Å². The molecular formula is C18H19N5O. The molecule has 1 amide bonds. The second-order valence-corrected chi connectivity index (χ2v) is 5.52. The van der Waals surface area contributed by atoms with Crippen molar-refractivity contribution < 1.29 is 4.79 Å². The van der Waals surface area contributed by atoms with Crippen LogP contribution < -0.4 is 10.7 Å². The standard InChI is InChI=1S/C18H19N5O/c1-13-15(12-23(2)22-13)10-20-21-18(24)11-19-17-9-5-7-14-6-3-4-8-16(14)17/h3-10,12,19H,11H2,1-2H3,(H,21,24)/b20-10+. The number of amides is 1. The number of anilines is 1. The summed E-state index contributed by atoms with van der Waals surface area (Å²) in [5.41, 5.74) is 5.18. The molecule has 0 spiro atoms. The lowest BCUT2D eigenvalue weighted by Gasteiger charge is -2.08. The molecule has 122 valence electrons. The fourth-order valence-electron chi connectivity index (χ4n) is 2.51. The molecule has 24 heavy (non-hydrogen) atoms. The monoisotopic (exact) mass is 321 g/mol. The smallest absolute Gasteiger partial charge is 0.259 e. The van der Waals surface area contributed by atoms with Crippen molar-refractivity contribution in [3.8, 4) is 0 Å². The second kappa shape index (κ2) is 6.95. The van der Waals surface area contributed by atoms with Gasteiger partial charge in [0.2, 0.25) is 0 Å². The summed E-state index contributed by atoms with van der Waals surface area (Å²) in [5.74, 6) is -0.208. The number of hydrazone groups is 1. The molecule has 1 aromatic heterocycles. The van der Waals surface area contributed by atoms with Crippen molar-refractivity contribution in [3.63, 3.8) is 0 Å². The summed E-state index contributed by atoms with van der Waals surface area (Å²) in [6, 6.07) is 14.0. The number of carbonyl (C=O) groups is 1. The molecule has 0 aliphatic carbocycles. The lowest BCUT2D eigenvalue weighted by Crippen LogP contribution is -2.25. The van der Waals surface area contributed by atoms with Crippen LogP contribution in [0.5, 0.6) is 0 Å². The number of rotatable bonds is 5. The molecule has 0 saturated heterocycles. The lowest BCUT2D eigenvalue weighted by molar-refractivity contribution is -0.119. The van der Waals surface area contributed by atoms with Gasteiger partial charge in [0.15, 0.2) is 0 Å². The predicted octanol–water partition coefficient (Wildman–Crippen LogP) is 2.44. The van der Waals surface area contributed by atoms with Crippen LogP contribution in [-0.4, -0.2) is 28.4 Å². The molecule has 2 aromatic carbocycles. The second-order valence-electron chi connectivity index (χ2n) is 5.52. The Hall–Kier alpha value is -3.15.